The molecular formula is C17H29N3O2S. The Morgan fingerprint density at radius 2 is 1.96 bits per heavy atom. The number of thioether (sulfide) groups is 1. The second-order valence-corrected chi connectivity index (χ2v) is 7.69. The van der Waals surface area contributed by atoms with E-state index < -0.39 is 0 Å². The van der Waals surface area contributed by atoms with E-state index in [0.29, 0.717) is 24.2 Å². The molecule has 130 valence electrons. The molecule has 2 atom stereocenters. The van der Waals surface area contributed by atoms with Gasteiger partial charge in [0.05, 0.1) is 18.1 Å². The van der Waals surface area contributed by atoms with Crippen LogP contribution in [0.2, 0.25) is 0 Å². The molecule has 1 aliphatic rings. The number of methoxy groups -OCH3 is 1. The lowest BCUT2D eigenvalue weighted by Crippen LogP contribution is -2.43. The summed E-state index contributed by atoms with van der Waals surface area (Å²) in [6, 6.07) is 0. The van der Waals surface area contributed by atoms with Gasteiger partial charge < -0.3 is 14.2 Å². The maximum Gasteiger partial charge on any atom is 0.233 e. The highest BCUT2D eigenvalue weighted by atomic mass is 32.2. The van der Waals surface area contributed by atoms with Gasteiger partial charge >= 0.3 is 0 Å². The molecular weight excluding hydrogens is 310 g/mol. The Labute approximate surface area is 143 Å². The molecule has 1 aliphatic heterocycles. The largest absolute Gasteiger partial charge is 0.383 e. The SMILES string of the molecule is COCCn1c(SCC(=O)N2CC(C)CC(C)C2)nc(C)c1C. The van der Waals surface area contributed by atoms with Crippen LogP contribution in [0.4, 0.5) is 0 Å². The first-order valence-corrected chi connectivity index (χ1v) is 9.34. The van der Waals surface area contributed by atoms with E-state index in [1.54, 1.807) is 18.9 Å². The van der Waals surface area contributed by atoms with Crippen molar-refractivity contribution < 1.29 is 9.53 Å². The van der Waals surface area contributed by atoms with Gasteiger partial charge in [0.15, 0.2) is 5.16 Å². The Kier molecular flexibility index (Phi) is 6.53. The molecule has 6 heteroatoms. The molecule has 0 saturated carbocycles. The van der Waals surface area contributed by atoms with E-state index in [2.05, 4.69) is 30.3 Å². The van der Waals surface area contributed by atoms with Crippen LogP contribution in [-0.2, 0) is 16.1 Å². The molecule has 2 rings (SSSR count). The molecule has 0 aliphatic carbocycles. The molecule has 0 bridgehead atoms. The quantitative estimate of drug-likeness (QED) is 0.748. The molecule has 2 heterocycles. The average molecular weight is 340 g/mol. The third-order valence-corrected chi connectivity index (χ3v) is 5.45. The minimum absolute atomic E-state index is 0.227. The van der Waals surface area contributed by atoms with Crippen molar-refractivity contribution in [3.63, 3.8) is 0 Å². The van der Waals surface area contributed by atoms with E-state index in [4.69, 9.17) is 4.74 Å². The lowest BCUT2D eigenvalue weighted by Gasteiger charge is -2.35. The summed E-state index contributed by atoms with van der Waals surface area (Å²) in [6.45, 7) is 11.7. The maximum absolute atomic E-state index is 12.5. The van der Waals surface area contributed by atoms with Crippen LogP contribution in [0, 0.1) is 25.7 Å². The standard InChI is InChI=1S/C17H29N3O2S/c1-12-8-13(2)10-19(9-12)16(21)11-23-17-18-14(3)15(4)20(17)6-7-22-5/h12-13H,6-11H2,1-5H3. The van der Waals surface area contributed by atoms with Gasteiger partial charge in [0.2, 0.25) is 5.91 Å². The summed E-state index contributed by atoms with van der Waals surface area (Å²) in [7, 11) is 1.70. The first kappa shape index (κ1) is 18.3. The van der Waals surface area contributed by atoms with Crippen molar-refractivity contribution in [2.24, 2.45) is 11.8 Å². The Morgan fingerprint density at radius 1 is 1.30 bits per heavy atom. The van der Waals surface area contributed by atoms with E-state index >= 15 is 0 Å². The van der Waals surface area contributed by atoms with E-state index in [1.807, 2.05) is 11.8 Å². The summed E-state index contributed by atoms with van der Waals surface area (Å²) in [6.07, 6.45) is 1.22. The summed E-state index contributed by atoms with van der Waals surface area (Å²) >= 11 is 1.54. The first-order valence-electron chi connectivity index (χ1n) is 8.35. The monoisotopic (exact) mass is 339 g/mol. The number of ether oxygens (including phenoxy) is 1. The molecule has 0 spiro atoms. The average Bonchev–Trinajstić information content (AvgIpc) is 2.76. The van der Waals surface area contributed by atoms with Gasteiger partial charge in [0.1, 0.15) is 0 Å². The van der Waals surface area contributed by atoms with Gasteiger partial charge in [-0.1, -0.05) is 25.6 Å². The summed E-state index contributed by atoms with van der Waals surface area (Å²) in [5.74, 6) is 1.88. The van der Waals surface area contributed by atoms with Crippen molar-refractivity contribution in [2.45, 2.75) is 45.8 Å². The number of aryl methyl sites for hydroxylation is 1. The smallest absolute Gasteiger partial charge is 0.233 e. The Bertz CT molecular complexity index is 534. The Morgan fingerprint density at radius 3 is 2.57 bits per heavy atom. The van der Waals surface area contributed by atoms with Crippen molar-refractivity contribution in [3.8, 4) is 0 Å². The zero-order valence-corrected chi connectivity index (χ0v) is 15.8. The Balaban J connectivity index is 1.97. The highest BCUT2D eigenvalue weighted by Crippen LogP contribution is 2.24. The highest BCUT2D eigenvalue weighted by molar-refractivity contribution is 7.99. The number of rotatable bonds is 6. The number of hydrogen-bond acceptors (Lipinski definition) is 4. The molecule has 23 heavy (non-hydrogen) atoms. The van der Waals surface area contributed by atoms with E-state index in [0.717, 1.165) is 36.2 Å². The van der Waals surface area contributed by atoms with Crippen LogP contribution in [0.1, 0.15) is 31.7 Å². The summed E-state index contributed by atoms with van der Waals surface area (Å²) in [5, 5.41) is 0.920. The van der Waals surface area contributed by atoms with Crippen LogP contribution in [0.3, 0.4) is 0 Å². The van der Waals surface area contributed by atoms with Gasteiger partial charge in [-0.15, -0.1) is 0 Å². The van der Waals surface area contributed by atoms with Gasteiger partial charge in [-0.2, -0.15) is 0 Å². The van der Waals surface area contributed by atoms with Gasteiger partial charge in [0.25, 0.3) is 0 Å². The lowest BCUT2D eigenvalue weighted by molar-refractivity contribution is -0.130. The van der Waals surface area contributed by atoms with Crippen LogP contribution < -0.4 is 0 Å². The van der Waals surface area contributed by atoms with Gasteiger partial charge in [-0.05, 0) is 32.1 Å². The van der Waals surface area contributed by atoms with Crippen LogP contribution in [-0.4, -0.2) is 52.9 Å². The number of hydrogen-bond donors (Lipinski definition) is 0. The zero-order chi connectivity index (χ0) is 17.0. The van der Waals surface area contributed by atoms with E-state index in [9.17, 15) is 4.79 Å². The third-order valence-electron chi connectivity index (χ3n) is 4.49. The molecule has 1 amide bonds. The number of amides is 1. The minimum atomic E-state index is 0.227. The summed E-state index contributed by atoms with van der Waals surface area (Å²) in [4.78, 5) is 19.2. The van der Waals surface area contributed by atoms with Crippen molar-refractivity contribution in [1.82, 2.24) is 14.5 Å². The fraction of sp³-hybridized carbons (Fsp3) is 0.765. The zero-order valence-electron chi connectivity index (χ0n) is 15.0. The normalized spacial score (nSPS) is 21.7. The fourth-order valence-corrected chi connectivity index (χ4v) is 4.28. The van der Waals surface area contributed by atoms with Crippen LogP contribution in [0.5, 0.6) is 0 Å². The van der Waals surface area contributed by atoms with Crippen LogP contribution in [0.25, 0.3) is 0 Å². The summed E-state index contributed by atoms with van der Waals surface area (Å²) in [5.41, 5.74) is 2.17. The highest BCUT2D eigenvalue weighted by Gasteiger charge is 2.25. The number of piperidine rings is 1. The van der Waals surface area contributed by atoms with E-state index in [1.165, 1.54) is 6.42 Å². The fourth-order valence-electron chi connectivity index (χ4n) is 3.26. The maximum atomic E-state index is 12.5. The van der Waals surface area contributed by atoms with Crippen LogP contribution in [0.15, 0.2) is 5.16 Å². The molecule has 1 saturated heterocycles. The van der Waals surface area contributed by atoms with Crippen LogP contribution >= 0.6 is 11.8 Å². The molecule has 1 fully saturated rings. The number of nitrogens with zero attached hydrogens (tertiary/aromatic N) is 3. The number of aromatic nitrogens is 2. The van der Waals surface area contributed by atoms with Gasteiger partial charge in [-0.3, -0.25) is 4.79 Å². The molecule has 0 N–H and O–H groups in total. The predicted octanol–water partition coefficient (Wildman–Crippen LogP) is 2.74. The summed E-state index contributed by atoms with van der Waals surface area (Å²) < 4.78 is 7.33. The number of likely N-dealkylation sites (tertiary alicyclic amines) is 1. The van der Waals surface area contributed by atoms with Crippen molar-refractivity contribution in [3.05, 3.63) is 11.4 Å². The van der Waals surface area contributed by atoms with E-state index in [-0.39, 0.29) is 5.91 Å². The van der Waals surface area contributed by atoms with Crippen molar-refractivity contribution in [1.29, 1.82) is 0 Å². The second-order valence-electron chi connectivity index (χ2n) is 6.74. The second kappa shape index (κ2) is 8.20. The van der Waals surface area contributed by atoms with Crippen molar-refractivity contribution in [2.75, 3.05) is 32.6 Å². The lowest BCUT2D eigenvalue weighted by atomic mass is 9.92. The Hall–Kier alpha value is -1.01. The number of carbonyl (C=O) groups is 1. The molecule has 0 radical (unpaired) electrons. The predicted molar refractivity (Wildman–Crippen MR) is 93.8 cm³/mol. The third kappa shape index (κ3) is 4.73. The molecule has 2 unspecified atom stereocenters. The number of carbonyl (C=O) groups excluding carboxylic acids is 1. The molecule has 5 nitrogen and oxygen atoms in total. The molecule has 1 aromatic rings. The van der Waals surface area contributed by atoms with Crippen molar-refractivity contribution >= 4 is 17.7 Å². The topological polar surface area (TPSA) is 47.4 Å². The number of imidazole rings is 1. The van der Waals surface area contributed by atoms with Gasteiger partial charge in [0, 0.05) is 32.4 Å². The van der Waals surface area contributed by atoms with Gasteiger partial charge in [-0.25, -0.2) is 4.98 Å². The molecule has 1 aromatic heterocycles. The minimum Gasteiger partial charge on any atom is -0.383 e. The first-order chi connectivity index (χ1) is 10.9. The molecule has 0 aromatic carbocycles.